The van der Waals surface area contributed by atoms with Gasteiger partial charge in [0.05, 0.1) is 0 Å². The molecule has 0 spiro atoms. The molecule has 0 radical (unpaired) electrons. The van der Waals surface area contributed by atoms with Crippen molar-refractivity contribution >= 4 is 5.91 Å². The normalized spacial score (nSPS) is 13.4. The maximum atomic E-state index is 10.9. The Kier molecular flexibility index (Phi) is 3.72. The van der Waals surface area contributed by atoms with E-state index in [-0.39, 0.29) is 0 Å². The number of carbonyl (C=O) groups is 1. The summed E-state index contributed by atoms with van der Waals surface area (Å²) in [5.41, 5.74) is 7.97. The summed E-state index contributed by atoms with van der Waals surface area (Å²) >= 11 is -0.641. The number of hydrogen-bond donors (Lipinski definition) is 3. The van der Waals surface area contributed by atoms with Crippen molar-refractivity contribution in [1.82, 2.24) is 5.48 Å². The number of nitrogens with one attached hydrogen (secondary N) is 1. The van der Waals surface area contributed by atoms with Crippen LogP contribution in [0.4, 0.5) is 0 Å². The second-order valence-corrected chi connectivity index (χ2v) is 4.16. The Morgan fingerprint density at radius 2 is 2.29 bits per heavy atom. The first-order valence-electron chi connectivity index (χ1n) is 4.45. The molecule has 5 heteroatoms. The first-order valence-corrected chi connectivity index (χ1v) is 5.15. The van der Waals surface area contributed by atoms with Gasteiger partial charge in [-0.2, -0.15) is 0 Å². The standard InChI is InChI=1S/C9H12IN2O2/c10-7-3-1-6(2-4-7)5-8(11)9(13)12-14/h1-4,8,10,14H,5,11H2,(H,12,13)/q-1/t8-/m0/s1/i10D. The van der Waals surface area contributed by atoms with Crippen molar-refractivity contribution in [2.24, 2.45) is 5.73 Å². The summed E-state index contributed by atoms with van der Waals surface area (Å²) in [6.45, 7) is 0. The molecule has 1 atom stereocenters. The first-order chi connectivity index (χ1) is 7.17. The third kappa shape index (κ3) is 3.24. The van der Waals surface area contributed by atoms with E-state index in [1.807, 2.05) is 24.3 Å². The number of hydroxylamine groups is 1. The van der Waals surface area contributed by atoms with Crippen LogP contribution in [0.15, 0.2) is 24.3 Å². The van der Waals surface area contributed by atoms with Crippen molar-refractivity contribution < 1.29 is 32.4 Å². The number of rotatable bonds is 4. The third-order valence-corrected chi connectivity index (χ3v) is 2.54. The van der Waals surface area contributed by atoms with E-state index in [4.69, 9.17) is 11.5 Å². The molecule has 0 saturated carbocycles. The van der Waals surface area contributed by atoms with E-state index in [2.05, 4.69) is 0 Å². The monoisotopic (exact) mass is 308 g/mol. The van der Waals surface area contributed by atoms with E-state index < -0.39 is 34.3 Å². The fraction of sp³-hybridized carbons (Fsp3) is 0.222. The van der Waals surface area contributed by atoms with Gasteiger partial charge in [-0.3, -0.25) is 0 Å². The molecule has 0 unspecified atom stereocenters. The number of hydrogen-bond acceptors (Lipinski definition) is 3. The summed E-state index contributed by atoms with van der Waals surface area (Å²) in [6, 6.07) is 6.71. The van der Waals surface area contributed by atoms with E-state index in [1.54, 1.807) is 0 Å². The van der Waals surface area contributed by atoms with Crippen molar-refractivity contribution in [3.05, 3.63) is 33.4 Å². The van der Waals surface area contributed by atoms with E-state index in [1.165, 1.54) is 5.48 Å². The average Bonchev–Trinajstić information content (AvgIpc) is 2.29. The number of carbonyl (C=O) groups excluding carboxylic acids is 1. The molecule has 1 amide bonds. The van der Waals surface area contributed by atoms with Crippen LogP contribution in [0.1, 0.15) is 5.56 Å². The van der Waals surface area contributed by atoms with E-state index in [0.717, 1.165) is 9.13 Å². The first kappa shape index (κ1) is 9.88. The molecule has 4 nitrogen and oxygen atoms in total. The zero-order chi connectivity index (χ0) is 11.3. The van der Waals surface area contributed by atoms with Crippen molar-refractivity contribution in [2.45, 2.75) is 12.5 Å². The Bertz CT molecular complexity index is 331. The predicted molar refractivity (Wildman–Crippen MR) is 48.1 cm³/mol. The van der Waals surface area contributed by atoms with Gasteiger partial charge in [0.1, 0.15) is 0 Å². The van der Waals surface area contributed by atoms with Crippen LogP contribution in [0.5, 0.6) is 0 Å². The van der Waals surface area contributed by atoms with Gasteiger partial charge in [-0.15, -0.1) is 0 Å². The van der Waals surface area contributed by atoms with E-state index >= 15 is 0 Å². The molecular weight excluding hydrogens is 295 g/mol. The van der Waals surface area contributed by atoms with Crippen molar-refractivity contribution in [3.63, 3.8) is 0 Å². The van der Waals surface area contributed by atoms with Gasteiger partial charge in [0.2, 0.25) is 0 Å². The van der Waals surface area contributed by atoms with Crippen LogP contribution in [-0.4, -0.2) is 17.8 Å². The van der Waals surface area contributed by atoms with Crippen LogP contribution >= 0.6 is 0 Å². The molecule has 0 aromatic heterocycles. The van der Waals surface area contributed by atoms with E-state index in [0.29, 0.717) is 6.42 Å². The molecule has 1 rings (SSSR count). The molecule has 78 valence electrons. The summed E-state index contributed by atoms with van der Waals surface area (Å²) < 4.78 is 8.27. The molecular formula is C9H12IN2O2-. The Labute approximate surface area is 96.0 Å². The summed E-state index contributed by atoms with van der Waals surface area (Å²) in [7, 11) is 0. The average molecular weight is 308 g/mol. The van der Waals surface area contributed by atoms with Crippen LogP contribution in [0.3, 0.4) is 0 Å². The van der Waals surface area contributed by atoms with Gasteiger partial charge in [-0.05, 0) is 0 Å². The number of nitrogens with two attached hydrogens (primary N) is 1. The summed E-state index contributed by atoms with van der Waals surface area (Å²) in [5.74, 6) is -0.591. The molecule has 0 bridgehead atoms. The zero-order valence-electron chi connectivity index (χ0n) is 8.40. The topological polar surface area (TPSA) is 75.4 Å². The second kappa shape index (κ2) is 5.28. The minimum atomic E-state index is -0.744. The summed E-state index contributed by atoms with van der Waals surface area (Å²) in [4.78, 5) is 10.9. The minimum absolute atomic E-state index is 0.378. The Hall–Kier alpha value is -0.660. The quantitative estimate of drug-likeness (QED) is 0.307. The van der Waals surface area contributed by atoms with Gasteiger partial charge in [0.15, 0.2) is 0 Å². The third-order valence-electron chi connectivity index (χ3n) is 1.82. The Morgan fingerprint density at radius 3 is 2.79 bits per heavy atom. The summed E-state index contributed by atoms with van der Waals surface area (Å²) in [6.07, 6.45) is 0.378. The van der Waals surface area contributed by atoms with Crippen LogP contribution in [0.25, 0.3) is 0 Å². The fourth-order valence-corrected chi connectivity index (χ4v) is 1.41. The molecule has 1 aromatic rings. The van der Waals surface area contributed by atoms with Crippen molar-refractivity contribution in [1.29, 1.82) is 0.594 Å². The van der Waals surface area contributed by atoms with Crippen molar-refractivity contribution in [2.75, 3.05) is 0 Å². The number of benzene rings is 1. The molecule has 0 aliphatic heterocycles. The van der Waals surface area contributed by atoms with Gasteiger partial charge in [-0.1, -0.05) is 0 Å². The van der Waals surface area contributed by atoms with Crippen LogP contribution < -0.4 is 33.6 Å². The fourth-order valence-electron chi connectivity index (χ4n) is 1.05. The molecule has 0 saturated heterocycles. The number of halogens is 1. The second-order valence-electron chi connectivity index (χ2n) is 2.91. The Morgan fingerprint density at radius 1 is 1.64 bits per heavy atom. The maximum absolute atomic E-state index is 10.9. The number of amides is 1. The summed E-state index contributed by atoms with van der Waals surface area (Å²) in [5, 5.41) is 8.37. The molecule has 0 aliphatic carbocycles. The van der Waals surface area contributed by atoms with Gasteiger partial charge >= 0.3 is 96.0 Å². The van der Waals surface area contributed by atoms with Gasteiger partial charge in [0, 0.05) is 0 Å². The zero-order valence-corrected chi connectivity index (χ0v) is 9.56. The van der Waals surface area contributed by atoms with Gasteiger partial charge in [-0.25, -0.2) is 0 Å². The van der Waals surface area contributed by atoms with Gasteiger partial charge < -0.3 is 0 Å². The van der Waals surface area contributed by atoms with Crippen molar-refractivity contribution in [3.8, 4) is 0 Å². The molecule has 0 heterocycles. The van der Waals surface area contributed by atoms with Gasteiger partial charge in [0.25, 0.3) is 0 Å². The molecule has 14 heavy (non-hydrogen) atoms. The SMILES string of the molecule is [2H][I-]c1ccc(C[C@H](N)C(=O)NO)cc1. The van der Waals surface area contributed by atoms with Crippen LogP contribution in [0, 0.1) is 3.57 Å². The van der Waals surface area contributed by atoms with Crippen LogP contribution in [-0.2, 0) is 11.2 Å². The predicted octanol–water partition coefficient (Wildman–Crippen LogP) is -3.48. The molecule has 4 N–H and O–H groups in total. The Balaban J connectivity index is 2.60. The molecule has 0 fully saturated rings. The van der Waals surface area contributed by atoms with Crippen LogP contribution in [0.2, 0.25) is 0 Å². The molecule has 1 aromatic carbocycles. The molecule has 0 aliphatic rings. The van der Waals surface area contributed by atoms with E-state index in [9.17, 15) is 4.79 Å².